The van der Waals surface area contributed by atoms with Gasteiger partial charge in [-0.05, 0) is 37.5 Å². The summed E-state index contributed by atoms with van der Waals surface area (Å²) in [6.45, 7) is 2.92. The number of hydrogen-bond acceptors (Lipinski definition) is 2. The monoisotopic (exact) mass is 277 g/mol. The molecule has 20 heavy (non-hydrogen) atoms. The van der Waals surface area contributed by atoms with Crippen LogP contribution in [0.4, 0.5) is 0 Å². The van der Waals surface area contributed by atoms with Gasteiger partial charge < -0.3 is 10.0 Å². The molecule has 3 rings (SSSR count). The molecule has 0 heterocycles. The van der Waals surface area contributed by atoms with Gasteiger partial charge in [-0.1, -0.05) is 25.5 Å². The third kappa shape index (κ3) is 2.25. The Bertz CT molecular complexity index is 441. The molecule has 3 aliphatic carbocycles. The van der Waals surface area contributed by atoms with Crippen molar-refractivity contribution >= 4 is 11.9 Å². The number of fused-ring (bicyclic) bond motifs is 2. The number of amides is 1. The van der Waals surface area contributed by atoms with Crippen molar-refractivity contribution in [3.8, 4) is 0 Å². The standard InChI is InChI=1S/C16H23NO3/c1-2-3-8-17(12-6-7-12)15(18)13-10-4-5-11(9-10)14(13)16(19)20/h4-5,10-14H,2-3,6-9H2,1H3,(H,19,20)/t10?,11?,13-,14+/m0/s1. The second-order valence-corrected chi connectivity index (χ2v) is 6.45. The molecule has 4 heteroatoms. The lowest BCUT2D eigenvalue weighted by Crippen LogP contribution is -2.44. The zero-order chi connectivity index (χ0) is 14.3. The first-order valence-electron chi connectivity index (χ1n) is 7.85. The minimum absolute atomic E-state index is 0.0682. The highest BCUT2D eigenvalue weighted by atomic mass is 16.4. The number of carboxylic acids is 1. The van der Waals surface area contributed by atoms with Gasteiger partial charge in [-0.15, -0.1) is 0 Å². The summed E-state index contributed by atoms with van der Waals surface area (Å²) in [6, 6.07) is 0.381. The van der Waals surface area contributed by atoms with Gasteiger partial charge in [0, 0.05) is 12.6 Å². The summed E-state index contributed by atoms with van der Waals surface area (Å²) >= 11 is 0. The van der Waals surface area contributed by atoms with E-state index in [1.165, 1.54) is 0 Å². The van der Waals surface area contributed by atoms with Crippen LogP contribution in [0.2, 0.25) is 0 Å². The molecule has 0 aromatic heterocycles. The second kappa shape index (κ2) is 5.23. The van der Waals surface area contributed by atoms with Crippen LogP contribution in [0, 0.1) is 23.7 Å². The van der Waals surface area contributed by atoms with Crippen molar-refractivity contribution in [2.75, 3.05) is 6.54 Å². The Morgan fingerprint density at radius 1 is 1.20 bits per heavy atom. The predicted octanol–water partition coefficient (Wildman–Crippen LogP) is 2.30. The zero-order valence-electron chi connectivity index (χ0n) is 12.0. The molecule has 1 amide bonds. The highest BCUT2D eigenvalue weighted by molar-refractivity contribution is 5.87. The first-order valence-corrected chi connectivity index (χ1v) is 7.85. The van der Waals surface area contributed by atoms with Gasteiger partial charge in [-0.2, -0.15) is 0 Å². The summed E-state index contributed by atoms with van der Waals surface area (Å²) < 4.78 is 0. The average molecular weight is 277 g/mol. The molecule has 4 nitrogen and oxygen atoms in total. The highest BCUT2D eigenvalue weighted by Gasteiger charge is 2.53. The summed E-state index contributed by atoms with van der Waals surface area (Å²) in [4.78, 5) is 26.4. The Balaban J connectivity index is 1.77. The lowest BCUT2D eigenvalue weighted by atomic mass is 9.82. The Labute approximate surface area is 119 Å². The van der Waals surface area contributed by atoms with Crippen LogP contribution < -0.4 is 0 Å². The maximum absolute atomic E-state index is 12.9. The van der Waals surface area contributed by atoms with E-state index in [9.17, 15) is 14.7 Å². The molecule has 2 saturated carbocycles. The minimum Gasteiger partial charge on any atom is -0.481 e. The summed E-state index contributed by atoms with van der Waals surface area (Å²) in [5.74, 6) is -1.30. The Kier molecular flexibility index (Phi) is 3.57. The Morgan fingerprint density at radius 3 is 2.40 bits per heavy atom. The van der Waals surface area contributed by atoms with E-state index in [1.807, 2.05) is 11.0 Å². The number of allylic oxidation sites excluding steroid dienone is 2. The van der Waals surface area contributed by atoms with E-state index in [4.69, 9.17) is 0 Å². The number of aliphatic carboxylic acids is 1. The fraction of sp³-hybridized carbons (Fsp3) is 0.750. The molecule has 0 aromatic carbocycles. The third-order valence-corrected chi connectivity index (χ3v) is 5.05. The van der Waals surface area contributed by atoms with E-state index in [0.717, 1.165) is 38.6 Å². The summed E-state index contributed by atoms with van der Waals surface area (Å²) in [7, 11) is 0. The van der Waals surface area contributed by atoms with Gasteiger partial charge in [0.2, 0.25) is 5.91 Å². The number of unbranched alkanes of at least 4 members (excludes halogenated alkanes) is 1. The maximum atomic E-state index is 12.9. The van der Waals surface area contributed by atoms with Gasteiger partial charge >= 0.3 is 5.97 Å². The van der Waals surface area contributed by atoms with Crippen LogP contribution in [0.15, 0.2) is 12.2 Å². The molecule has 4 atom stereocenters. The topological polar surface area (TPSA) is 57.6 Å². The molecular formula is C16H23NO3. The number of hydrogen-bond donors (Lipinski definition) is 1. The van der Waals surface area contributed by atoms with Crippen molar-refractivity contribution in [1.82, 2.24) is 4.90 Å². The Hall–Kier alpha value is -1.32. The summed E-state index contributed by atoms with van der Waals surface area (Å²) in [5, 5.41) is 9.46. The van der Waals surface area contributed by atoms with Crippen molar-refractivity contribution in [2.45, 2.75) is 45.1 Å². The highest BCUT2D eigenvalue weighted by Crippen LogP contribution is 2.49. The molecule has 3 aliphatic rings. The minimum atomic E-state index is -0.800. The van der Waals surface area contributed by atoms with Crippen LogP contribution in [-0.2, 0) is 9.59 Å². The van der Waals surface area contributed by atoms with E-state index in [-0.39, 0.29) is 23.7 Å². The van der Waals surface area contributed by atoms with Gasteiger partial charge in [0.05, 0.1) is 11.8 Å². The van der Waals surface area contributed by atoms with E-state index >= 15 is 0 Å². The molecule has 110 valence electrons. The average Bonchev–Trinajstić information content (AvgIpc) is 3.05. The molecule has 0 spiro atoms. The van der Waals surface area contributed by atoms with Gasteiger partial charge in [0.1, 0.15) is 0 Å². The number of carbonyl (C=O) groups is 2. The van der Waals surface area contributed by atoms with Crippen molar-refractivity contribution in [1.29, 1.82) is 0 Å². The first kappa shape index (κ1) is 13.7. The lowest BCUT2D eigenvalue weighted by molar-refractivity contribution is -0.151. The van der Waals surface area contributed by atoms with Gasteiger partial charge in [-0.25, -0.2) is 0 Å². The molecule has 2 fully saturated rings. The summed E-state index contributed by atoms with van der Waals surface area (Å²) in [6.07, 6.45) is 9.16. The van der Waals surface area contributed by atoms with Gasteiger partial charge in [0.15, 0.2) is 0 Å². The summed E-state index contributed by atoms with van der Waals surface area (Å²) in [5.41, 5.74) is 0. The molecule has 0 aromatic rings. The molecule has 0 saturated heterocycles. The fourth-order valence-electron chi connectivity index (χ4n) is 3.87. The largest absolute Gasteiger partial charge is 0.481 e. The molecular weight excluding hydrogens is 254 g/mol. The van der Waals surface area contributed by atoms with Crippen molar-refractivity contribution < 1.29 is 14.7 Å². The number of carbonyl (C=O) groups excluding carboxylic acids is 1. The van der Waals surface area contributed by atoms with Crippen LogP contribution >= 0.6 is 0 Å². The van der Waals surface area contributed by atoms with Crippen LogP contribution in [0.3, 0.4) is 0 Å². The fourth-order valence-corrected chi connectivity index (χ4v) is 3.87. The molecule has 2 bridgehead atoms. The van der Waals surface area contributed by atoms with Crippen LogP contribution in [0.1, 0.15) is 39.0 Å². The molecule has 1 N–H and O–H groups in total. The van der Waals surface area contributed by atoms with Crippen LogP contribution in [-0.4, -0.2) is 34.5 Å². The quantitative estimate of drug-likeness (QED) is 0.758. The van der Waals surface area contributed by atoms with E-state index in [2.05, 4.69) is 13.0 Å². The second-order valence-electron chi connectivity index (χ2n) is 6.45. The Morgan fingerprint density at radius 2 is 1.85 bits per heavy atom. The maximum Gasteiger partial charge on any atom is 0.307 e. The predicted molar refractivity (Wildman–Crippen MR) is 75.0 cm³/mol. The zero-order valence-corrected chi connectivity index (χ0v) is 12.0. The third-order valence-electron chi connectivity index (χ3n) is 5.05. The number of nitrogens with zero attached hydrogens (tertiary/aromatic N) is 1. The van der Waals surface area contributed by atoms with Crippen LogP contribution in [0.5, 0.6) is 0 Å². The van der Waals surface area contributed by atoms with Gasteiger partial charge in [0.25, 0.3) is 0 Å². The van der Waals surface area contributed by atoms with Crippen LogP contribution in [0.25, 0.3) is 0 Å². The molecule has 0 radical (unpaired) electrons. The lowest BCUT2D eigenvalue weighted by Gasteiger charge is -2.31. The van der Waals surface area contributed by atoms with E-state index < -0.39 is 11.9 Å². The van der Waals surface area contributed by atoms with Crippen molar-refractivity contribution in [3.63, 3.8) is 0 Å². The van der Waals surface area contributed by atoms with Crippen molar-refractivity contribution in [3.05, 3.63) is 12.2 Å². The first-order chi connectivity index (χ1) is 9.63. The SMILES string of the molecule is CCCCN(C(=O)[C@H]1C2C=CC(C2)[C@H]1C(=O)O)C1CC1. The number of carboxylic acid groups (broad SMARTS) is 1. The van der Waals surface area contributed by atoms with E-state index in [1.54, 1.807) is 0 Å². The number of rotatable bonds is 6. The van der Waals surface area contributed by atoms with Crippen molar-refractivity contribution in [2.24, 2.45) is 23.7 Å². The smallest absolute Gasteiger partial charge is 0.307 e. The van der Waals surface area contributed by atoms with Gasteiger partial charge in [-0.3, -0.25) is 9.59 Å². The molecule has 0 aliphatic heterocycles. The normalized spacial score (nSPS) is 34.5. The molecule has 2 unspecified atom stereocenters. The van der Waals surface area contributed by atoms with E-state index in [0.29, 0.717) is 6.04 Å².